The second-order valence-electron chi connectivity index (χ2n) is 8.58. The molecule has 2 aromatic rings. The maximum Gasteiger partial charge on any atom is 0.229 e. The number of aliphatic hydroxyl groups is 1. The molecule has 1 atom stereocenters. The van der Waals surface area contributed by atoms with Crippen LogP contribution < -0.4 is 25.8 Å². The Balaban J connectivity index is 1.76. The summed E-state index contributed by atoms with van der Waals surface area (Å²) in [6.45, 7) is 10.3. The average molecular weight is 412 g/mol. The van der Waals surface area contributed by atoms with Crippen LogP contribution in [0.4, 0.5) is 23.3 Å². The Hall–Kier alpha value is -2.58. The molecule has 0 aliphatic carbocycles. The number of aromatic nitrogens is 2. The van der Waals surface area contributed by atoms with Crippen LogP contribution in [0.25, 0.3) is 0 Å². The number of benzene rings is 1. The highest BCUT2D eigenvalue weighted by atomic mass is 16.3. The molecule has 1 aromatic carbocycles. The van der Waals surface area contributed by atoms with Crippen LogP contribution in [0.3, 0.4) is 0 Å². The zero-order valence-corrected chi connectivity index (χ0v) is 18.3. The highest BCUT2D eigenvalue weighted by Crippen LogP contribution is 2.41. The predicted molar refractivity (Wildman–Crippen MR) is 122 cm³/mol. The van der Waals surface area contributed by atoms with Crippen LogP contribution >= 0.6 is 0 Å². The van der Waals surface area contributed by atoms with Gasteiger partial charge in [0.05, 0.1) is 12.6 Å². The molecule has 8 nitrogen and oxygen atoms in total. The Morgan fingerprint density at radius 1 is 1.10 bits per heavy atom. The lowest BCUT2D eigenvalue weighted by atomic mass is 10.2. The van der Waals surface area contributed by atoms with E-state index in [1.54, 1.807) is 0 Å². The van der Waals surface area contributed by atoms with Gasteiger partial charge in [-0.25, -0.2) is 0 Å². The van der Waals surface area contributed by atoms with Crippen molar-refractivity contribution in [1.29, 1.82) is 0 Å². The highest BCUT2D eigenvalue weighted by molar-refractivity contribution is 5.83. The van der Waals surface area contributed by atoms with Crippen LogP contribution in [0.1, 0.15) is 46.1 Å². The molecule has 2 aliphatic heterocycles. The lowest BCUT2D eigenvalue weighted by molar-refractivity contribution is 0.265. The molecule has 162 valence electrons. The molecule has 1 saturated heterocycles. The first kappa shape index (κ1) is 20.7. The maximum atomic E-state index is 9.82. The predicted octanol–water partition coefficient (Wildman–Crippen LogP) is 2.91. The van der Waals surface area contributed by atoms with E-state index in [0.717, 1.165) is 36.7 Å². The Labute approximate surface area is 178 Å². The molecule has 8 heteroatoms. The summed E-state index contributed by atoms with van der Waals surface area (Å²) >= 11 is 0. The van der Waals surface area contributed by atoms with Crippen molar-refractivity contribution < 1.29 is 5.11 Å². The highest BCUT2D eigenvalue weighted by Gasteiger charge is 2.36. The van der Waals surface area contributed by atoms with Crippen LogP contribution in [0.5, 0.6) is 0 Å². The van der Waals surface area contributed by atoms with Gasteiger partial charge < -0.3 is 15.3 Å². The number of hydrogen-bond acceptors (Lipinski definition) is 8. The summed E-state index contributed by atoms with van der Waals surface area (Å²) in [5.41, 5.74) is 5.66. The molecular formula is C22H33N7O. The number of nitrogens with zero attached hydrogens (tertiary/aromatic N) is 5. The Kier molecular flexibility index (Phi) is 5.97. The number of hydrazine groups is 2. The van der Waals surface area contributed by atoms with E-state index in [2.05, 4.69) is 65.6 Å². The summed E-state index contributed by atoms with van der Waals surface area (Å²) in [6, 6.07) is 10.9. The zero-order valence-electron chi connectivity index (χ0n) is 18.3. The number of rotatable bonds is 7. The fourth-order valence-corrected chi connectivity index (χ4v) is 4.09. The first-order valence-corrected chi connectivity index (χ1v) is 10.9. The standard InChI is InChI=1S/C22H33N7O/c1-15(2)28-19-20(23-13-17-9-6-5-7-10-17)24-22(27-12-8-11-18(27)14-30)25-21(19)29(26-28)16(3)4/h5-7,9-10,15-16,18,26,30H,8,11-14H2,1-4H3,(H,23,24,25)/t18-/m1/s1. The quantitative estimate of drug-likeness (QED) is 0.642. The van der Waals surface area contributed by atoms with Crippen molar-refractivity contribution in [2.24, 2.45) is 0 Å². The van der Waals surface area contributed by atoms with Crippen LogP contribution in [0, 0.1) is 0 Å². The van der Waals surface area contributed by atoms with Gasteiger partial charge in [0.2, 0.25) is 5.95 Å². The van der Waals surface area contributed by atoms with E-state index in [1.165, 1.54) is 5.56 Å². The molecule has 0 radical (unpaired) electrons. The molecule has 0 spiro atoms. The SMILES string of the molecule is CC(C)N1NN(C(C)C)c2c(NCc3ccccc3)nc(N3CCC[C@@H]3CO)nc21. The van der Waals surface area contributed by atoms with Crippen LogP contribution in [0.2, 0.25) is 0 Å². The van der Waals surface area contributed by atoms with E-state index in [9.17, 15) is 5.11 Å². The van der Waals surface area contributed by atoms with Gasteiger partial charge in [-0.1, -0.05) is 30.3 Å². The van der Waals surface area contributed by atoms with Crippen molar-refractivity contribution >= 4 is 23.3 Å². The number of aliphatic hydroxyl groups excluding tert-OH is 1. The van der Waals surface area contributed by atoms with Gasteiger partial charge in [-0.2, -0.15) is 9.97 Å². The summed E-state index contributed by atoms with van der Waals surface area (Å²) in [5.74, 6) is 2.37. The zero-order chi connectivity index (χ0) is 21.3. The molecule has 3 N–H and O–H groups in total. The summed E-state index contributed by atoms with van der Waals surface area (Å²) in [5, 5.41) is 17.6. The first-order chi connectivity index (χ1) is 14.5. The van der Waals surface area contributed by atoms with Gasteiger partial charge in [0.25, 0.3) is 0 Å². The van der Waals surface area contributed by atoms with E-state index in [-0.39, 0.29) is 24.7 Å². The molecule has 1 fully saturated rings. The normalized spacial score (nSPS) is 18.6. The summed E-state index contributed by atoms with van der Waals surface area (Å²) in [7, 11) is 0. The van der Waals surface area contributed by atoms with Crippen molar-refractivity contribution in [3.05, 3.63) is 35.9 Å². The number of nitrogens with one attached hydrogen (secondary N) is 2. The topological polar surface area (TPSA) is 79.8 Å². The van der Waals surface area contributed by atoms with Crippen LogP contribution in [0.15, 0.2) is 30.3 Å². The molecule has 30 heavy (non-hydrogen) atoms. The third-order valence-corrected chi connectivity index (χ3v) is 5.72. The maximum absolute atomic E-state index is 9.82. The smallest absolute Gasteiger partial charge is 0.229 e. The Morgan fingerprint density at radius 3 is 2.50 bits per heavy atom. The van der Waals surface area contributed by atoms with Gasteiger partial charge in [-0.3, -0.25) is 10.0 Å². The summed E-state index contributed by atoms with van der Waals surface area (Å²) < 4.78 is 0. The average Bonchev–Trinajstić information content (AvgIpc) is 3.37. The van der Waals surface area contributed by atoms with Gasteiger partial charge in [-0.05, 0) is 46.1 Å². The third kappa shape index (κ3) is 3.89. The fourth-order valence-electron chi connectivity index (χ4n) is 4.09. The molecule has 0 unspecified atom stereocenters. The fraction of sp³-hybridized carbons (Fsp3) is 0.545. The van der Waals surface area contributed by atoms with Crippen molar-refractivity contribution in [3.8, 4) is 0 Å². The van der Waals surface area contributed by atoms with E-state index < -0.39 is 0 Å². The largest absolute Gasteiger partial charge is 0.394 e. The number of hydrogen-bond donors (Lipinski definition) is 3. The van der Waals surface area contributed by atoms with Crippen molar-refractivity contribution in [2.45, 2.75) is 65.2 Å². The molecule has 0 bridgehead atoms. The lowest BCUT2D eigenvalue weighted by Gasteiger charge is -2.27. The van der Waals surface area contributed by atoms with Crippen LogP contribution in [-0.2, 0) is 6.54 Å². The summed E-state index contributed by atoms with van der Waals surface area (Å²) in [6.07, 6.45) is 2.01. The second-order valence-corrected chi connectivity index (χ2v) is 8.58. The number of anilines is 4. The van der Waals surface area contributed by atoms with E-state index in [4.69, 9.17) is 9.97 Å². The molecule has 4 rings (SSSR count). The minimum Gasteiger partial charge on any atom is -0.394 e. The molecule has 1 aromatic heterocycles. The van der Waals surface area contributed by atoms with E-state index in [0.29, 0.717) is 12.5 Å². The second kappa shape index (κ2) is 8.65. The van der Waals surface area contributed by atoms with Crippen LogP contribution in [-0.4, -0.2) is 46.4 Å². The molecule has 0 saturated carbocycles. The van der Waals surface area contributed by atoms with Gasteiger partial charge in [0.15, 0.2) is 11.6 Å². The lowest BCUT2D eigenvalue weighted by Crippen LogP contribution is -2.50. The molecular weight excluding hydrogens is 378 g/mol. The molecule has 0 amide bonds. The van der Waals surface area contributed by atoms with Gasteiger partial charge in [-0.15, -0.1) is 5.53 Å². The minimum atomic E-state index is 0.0769. The Morgan fingerprint density at radius 2 is 1.83 bits per heavy atom. The van der Waals surface area contributed by atoms with E-state index >= 15 is 0 Å². The minimum absolute atomic E-state index is 0.0769. The third-order valence-electron chi connectivity index (χ3n) is 5.72. The first-order valence-electron chi connectivity index (χ1n) is 10.9. The van der Waals surface area contributed by atoms with Crippen molar-refractivity contribution in [2.75, 3.05) is 33.4 Å². The van der Waals surface area contributed by atoms with Crippen molar-refractivity contribution in [1.82, 2.24) is 15.5 Å². The van der Waals surface area contributed by atoms with E-state index in [1.807, 2.05) is 18.2 Å². The molecule has 2 aliphatic rings. The van der Waals surface area contributed by atoms with Gasteiger partial charge in [0, 0.05) is 25.2 Å². The molecule has 3 heterocycles. The monoisotopic (exact) mass is 411 g/mol. The van der Waals surface area contributed by atoms with Crippen molar-refractivity contribution in [3.63, 3.8) is 0 Å². The van der Waals surface area contributed by atoms with Gasteiger partial charge in [0.1, 0.15) is 5.69 Å². The number of fused-ring (bicyclic) bond motifs is 1. The summed E-state index contributed by atoms with van der Waals surface area (Å²) in [4.78, 5) is 12.1. The van der Waals surface area contributed by atoms with Gasteiger partial charge >= 0.3 is 0 Å². The Bertz CT molecular complexity index is 858.